The maximum absolute atomic E-state index is 5.83. The number of aromatic nitrogens is 2. The average Bonchev–Trinajstić information content (AvgIpc) is 3.07. The number of hydrogen-bond acceptors (Lipinski definition) is 3. The van der Waals surface area contributed by atoms with E-state index in [4.69, 9.17) is 4.74 Å². The largest absolute Gasteiger partial charge is 0.378 e. The Balaban J connectivity index is 1.59. The van der Waals surface area contributed by atoms with Crippen LogP contribution in [0, 0.1) is 11.8 Å². The predicted molar refractivity (Wildman–Crippen MR) is 79.6 cm³/mol. The van der Waals surface area contributed by atoms with Gasteiger partial charge in [-0.2, -0.15) is 0 Å². The van der Waals surface area contributed by atoms with E-state index >= 15 is 0 Å². The van der Waals surface area contributed by atoms with Crippen molar-refractivity contribution in [1.29, 1.82) is 0 Å². The zero-order valence-corrected chi connectivity index (χ0v) is 12.2. The molecule has 0 spiro atoms. The van der Waals surface area contributed by atoms with Crippen molar-refractivity contribution in [2.45, 2.75) is 32.9 Å². The molecule has 20 heavy (non-hydrogen) atoms. The van der Waals surface area contributed by atoms with Crippen LogP contribution in [-0.4, -0.2) is 28.6 Å². The Morgan fingerprint density at radius 2 is 2.35 bits per heavy atom. The van der Waals surface area contributed by atoms with Gasteiger partial charge in [-0.05, 0) is 30.4 Å². The second kappa shape index (κ2) is 5.94. The summed E-state index contributed by atoms with van der Waals surface area (Å²) in [5, 5.41) is 3.58. The number of ether oxygens (including phenoxy) is 1. The van der Waals surface area contributed by atoms with Crippen molar-refractivity contribution in [2.24, 2.45) is 11.8 Å². The first kappa shape index (κ1) is 13.6. The van der Waals surface area contributed by atoms with Crippen LogP contribution < -0.4 is 5.32 Å². The molecule has 108 valence electrons. The topological polar surface area (TPSA) is 38.6 Å². The summed E-state index contributed by atoms with van der Waals surface area (Å²) in [6.07, 6.45) is 5.44. The van der Waals surface area contributed by atoms with Crippen molar-refractivity contribution >= 4 is 5.65 Å². The van der Waals surface area contributed by atoms with Gasteiger partial charge in [0.1, 0.15) is 5.65 Å². The van der Waals surface area contributed by atoms with Crippen LogP contribution in [0.1, 0.15) is 26.0 Å². The maximum atomic E-state index is 5.83. The summed E-state index contributed by atoms with van der Waals surface area (Å²) >= 11 is 0. The highest BCUT2D eigenvalue weighted by molar-refractivity contribution is 5.39. The van der Waals surface area contributed by atoms with Gasteiger partial charge in [0.2, 0.25) is 0 Å². The van der Waals surface area contributed by atoms with Crippen LogP contribution in [0.3, 0.4) is 0 Å². The van der Waals surface area contributed by atoms with Gasteiger partial charge in [0.25, 0.3) is 0 Å². The average molecular weight is 273 g/mol. The normalized spacial score (nSPS) is 22.9. The van der Waals surface area contributed by atoms with Crippen LogP contribution >= 0.6 is 0 Å². The van der Waals surface area contributed by atoms with Crippen molar-refractivity contribution in [2.75, 3.05) is 13.2 Å². The molecule has 0 unspecified atom stereocenters. The van der Waals surface area contributed by atoms with E-state index in [1.54, 1.807) is 0 Å². The van der Waals surface area contributed by atoms with Gasteiger partial charge in [0.15, 0.2) is 0 Å². The summed E-state index contributed by atoms with van der Waals surface area (Å²) in [6, 6.07) is 6.24. The Bertz CT molecular complexity index is 564. The SMILES string of the molecule is CC(C)[C@H]1OCC[C@@H]1CNCc1cccc2nccn12. The summed E-state index contributed by atoms with van der Waals surface area (Å²) in [7, 11) is 0. The fraction of sp³-hybridized carbons (Fsp3) is 0.562. The molecular formula is C16H23N3O. The standard InChI is InChI=1S/C16H23N3O/c1-12(2)16-13(6-9-20-16)10-17-11-14-4-3-5-15-18-7-8-19(14)15/h3-5,7-8,12-13,16-17H,6,9-11H2,1-2H3/t13-,16-/m1/s1. The van der Waals surface area contributed by atoms with Gasteiger partial charge < -0.3 is 14.5 Å². The highest BCUT2D eigenvalue weighted by atomic mass is 16.5. The predicted octanol–water partition coefficient (Wildman–Crippen LogP) is 2.49. The van der Waals surface area contributed by atoms with Crippen molar-refractivity contribution in [1.82, 2.24) is 14.7 Å². The first-order valence-corrected chi connectivity index (χ1v) is 7.49. The fourth-order valence-electron chi connectivity index (χ4n) is 3.15. The highest BCUT2D eigenvalue weighted by Gasteiger charge is 2.30. The molecule has 1 N–H and O–H groups in total. The summed E-state index contributed by atoms with van der Waals surface area (Å²) in [5.41, 5.74) is 2.26. The summed E-state index contributed by atoms with van der Waals surface area (Å²) in [4.78, 5) is 4.32. The quantitative estimate of drug-likeness (QED) is 0.909. The van der Waals surface area contributed by atoms with Gasteiger partial charge in [-0.25, -0.2) is 4.98 Å². The van der Waals surface area contributed by atoms with E-state index in [2.05, 4.69) is 40.7 Å². The molecule has 2 atom stereocenters. The third-order valence-electron chi connectivity index (χ3n) is 4.15. The summed E-state index contributed by atoms with van der Waals surface area (Å²) in [6.45, 7) is 7.29. The Morgan fingerprint density at radius 3 is 3.20 bits per heavy atom. The Kier molecular flexibility index (Phi) is 4.03. The number of pyridine rings is 1. The summed E-state index contributed by atoms with van der Waals surface area (Å²) in [5.74, 6) is 1.23. The Hall–Kier alpha value is -1.39. The Morgan fingerprint density at radius 1 is 1.45 bits per heavy atom. The minimum Gasteiger partial charge on any atom is -0.378 e. The molecular weight excluding hydrogens is 250 g/mol. The lowest BCUT2D eigenvalue weighted by Crippen LogP contribution is -2.31. The number of nitrogens with zero attached hydrogens (tertiary/aromatic N) is 2. The first-order valence-electron chi connectivity index (χ1n) is 7.49. The molecule has 3 heterocycles. The van der Waals surface area contributed by atoms with Crippen LogP contribution in [-0.2, 0) is 11.3 Å². The number of imidazole rings is 1. The second-order valence-corrected chi connectivity index (χ2v) is 5.93. The zero-order chi connectivity index (χ0) is 13.9. The van der Waals surface area contributed by atoms with E-state index in [0.29, 0.717) is 17.9 Å². The molecule has 0 radical (unpaired) electrons. The van der Waals surface area contributed by atoms with Crippen LogP contribution in [0.5, 0.6) is 0 Å². The number of nitrogens with one attached hydrogen (secondary N) is 1. The molecule has 0 amide bonds. The van der Waals surface area contributed by atoms with Crippen molar-refractivity contribution in [3.63, 3.8) is 0 Å². The van der Waals surface area contributed by atoms with E-state index < -0.39 is 0 Å². The molecule has 0 saturated carbocycles. The molecule has 3 rings (SSSR count). The van der Waals surface area contributed by atoms with E-state index in [1.165, 1.54) is 12.1 Å². The van der Waals surface area contributed by atoms with Crippen molar-refractivity contribution in [3.05, 3.63) is 36.3 Å². The second-order valence-electron chi connectivity index (χ2n) is 5.93. The lowest BCUT2D eigenvalue weighted by atomic mass is 9.93. The number of fused-ring (bicyclic) bond motifs is 1. The first-order chi connectivity index (χ1) is 9.75. The molecule has 4 nitrogen and oxygen atoms in total. The van der Waals surface area contributed by atoms with E-state index in [1.807, 2.05) is 18.5 Å². The molecule has 0 aromatic carbocycles. The van der Waals surface area contributed by atoms with Gasteiger partial charge in [-0.15, -0.1) is 0 Å². The Labute approximate surface area is 120 Å². The van der Waals surface area contributed by atoms with Crippen molar-refractivity contribution < 1.29 is 4.74 Å². The van der Waals surface area contributed by atoms with Crippen molar-refractivity contribution in [3.8, 4) is 0 Å². The summed E-state index contributed by atoms with van der Waals surface area (Å²) < 4.78 is 7.97. The fourth-order valence-corrected chi connectivity index (χ4v) is 3.15. The lowest BCUT2D eigenvalue weighted by molar-refractivity contribution is 0.0539. The minimum atomic E-state index is 0.409. The molecule has 0 aliphatic carbocycles. The molecule has 1 aliphatic heterocycles. The molecule has 1 aliphatic rings. The molecule has 0 bridgehead atoms. The van der Waals surface area contributed by atoms with Gasteiger partial charge in [0, 0.05) is 37.8 Å². The third-order valence-corrected chi connectivity index (χ3v) is 4.15. The number of hydrogen-bond donors (Lipinski definition) is 1. The van der Waals surface area contributed by atoms with Gasteiger partial charge in [-0.3, -0.25) is 0 Å². The van der Waals surface area contributed by atoms with E-state index in [9.17, 15) is 0 Å². The minimum absolute atomic E-state index is 0.409. The van der Waals surface area contributed by atoms with Gasteiger partial charge in [-0.1, -0.05) is 19.9 Å². The molecule has 4 heteroatoms. The molecule has 2 aromatic rings. The lowest BCUT2D eigenvalue weighted by Gasteiger charge is -2.22. The van der Waals surface area contributed by atoms with E-state index in [-0.39, 0.29) is 0 Å². The van der Waals surface area contributed by atoms with Crippen LogP contribution in [0.15, 0.2) is 30.6 Å². The third kappa shape index (κ3) is 2.72. The zero-order valence-electron chi connectivity index (χ0n) is 12.2. The molecule has 2 aromatic heterocycles. The monoisotopic (exact) mass is 273 g/mol. The smallest absolute Gasteiger partial charge is 0.136 e. The maximum Gasteiger partial charge on any atom is 0.136 e. The molecule has 1 saturated heterocycles. The highest BCUT2D eigenvalue weighted by Crippen LogP contribution is 2.26. The van der Waals surface area contributed by atoms with Crippen LogP contribution in [0.25, 0.3) is 5.65 Å². The van der Waals surface area contributed by atoms with Gasteiger partial charge >= 0.3 is 0 Å². The van der Waals surface area contributed by atoms with E-state index in [0.717, 1.165) is 25.3 Å². The van der Waals surface area contributed by atoms with Crippen LogP contribution in [0.4, 0.5) is 0 Å². The molecule has 1 fully saturated rings. The van der Waals surface area contributed by atoms with Crippen LogP contribution in [0.2, 0.25) is 0 Å². The van der Waals surface area contributed by atoms with Gasteiger partial charge in [0.05, 0.1) is 6.10 Å². The number of rotatable bonds is 5.